The molecule has 2 saturated heterocycles. The molecule has 41 heavy (non-hydrogen) atoms. The van der Waals surface area contributed by atoms with Gasteiger partial charge < -0.3 is 20.9 Å². The Kier molecular flexibility index (Phi) is 7.80. The molecule has 13 heteroatoms. The lowest BCUT2D eigenvalue weighted by molar-refractivity contribution is -0.162. The number of carbonyl (C=O) groups excluding carboxylic acids is 1. The predicted octanol–water partition coefficient (Wildman–Crippen LogP) is 2.57. The molecule has 0 spiro atoms. The van der Waals surface area contributed by atoms with E-state index in [2.05, 4.69) is 41.8 Å². The summed E-state index contributed by atoms with van der Waals surface area (Å²) >= 11 is 0. The highest BCUT2D eigenvalue weighted by molar-refractivity contribution is 5.96. The molecule has 1 aromatic rings. The highest BCUT2D eigenvalue weighted by Gasteiger charge is 2.34. The molecule has 218 valence electrons. The van der Waals surface area contributed by atoms with Crippen molar-refractivity contribution in [1.82, 2.24) is 30.3 Å². The van der Waals surface area contributed by atoms with Gasteiger partial charge in [-0.25, -0.2) is 9.98 Å². The number of fused-ring (bicyclic) bond motifs is 1. The van der Waals surface area contributed by atoms with Gasteiger partial charge in [0.1, 0.15) is 12.2 Å². The van der Waals surface area contributed by atoms with E-state index in [1.807, 2.05) is 30.5 Å². The van der Waals surface area contributed by atoms with Gasteiger partial charge in [-0.3, -0.25) is 19.6 Å². The fraction of sp³-hybridized carbons (Fsp3) is 0.500. The summed E-state index contributed by atoms with van der Waals surface area (Å²) in [5, 5.41) is 10.3. The summed E-state index contributed by atoms with van der Waals surface area (Å²) in [6.45, 7) is 4.36. The number of likely N-dealkylation sites (tertiary alicyclic amines) is 1. The largest absolute Gasteiger partial charge is 0.397 e. The number of alkyl halides is 3. The number of guanidine groups is 1. The van der Waals surface area contributed by atoms with E-state index in [1.54, 1.807) is 6.20 Å². The smallest absolute Gasteiger partial charge is 0.351 e. The summed E-state index contributed by atoms with van der Waals surface area (Å²) in [6.07, 6.45) is 7.16. The van der Waals surface area contributed by atoms with Crippen LogP contribution in [0.2, 0.25) is 0 Å². The Bertz CT molecular complexity index is 1300. The highest BCUT2D eigenvalue weighted by Crippen LogP contribution is 2.29. The van der Waals surface area contributed by atoms with Crippen molar-refractivity contribution in [2.24, 2.45) is 9.98 Å². The monoisotopic (exact) mass is 569 g/mol. The zero-order valence-corrected chi connectivity index (χ0v) is 22.7. The van der Waals surface area contributed by atoms with Crippen molar-refractivity contribution in [2.45, 2.75) is 50.7 Å². The lowest BCUT2D eigenvalue weighted by Gasteiger charge is -2.35. The molecule has 1 amide bonds. The quantitative estimate of drug-likeness (QED) is 0.484. The first kappa shape index (κ1) is 27.5. The number of amides is 1. The van der Waals surface area contributed by atoms with Gasteiger partial charge in [0.05, 0.1) is 11.7 Å². The van der Waals surface area contributed by atoms with E-state index < -0.39 is 18.5 Å². The molecule has 1 aliphatic carbocycles. The van der Waals surface area contributed by atoms with Crippen LogP contribution < -0.4 is 16.0 Å². The lowest BCUT2D eigenvalue weighted by Crippen LogP contribution is -2.49. The summed E-state index contributed by atoms with van der Waals surface area (Å²) in [6, 6.07) is 3.92. The molecule has 4 aliphatic heterocycles. The average Bonchev–Trinajstić information content (AvgIpc) is 3.63. The van der Waals surface area contributed by atoms with Crippen molar-refractivity contribution in [3.63, 3.8) is 0 Å². The summed E-state index contributed by atoms with van der Waals surface area (Å²) in [5.74, 6) is 0.433. The highest BCUT2D eigenvalue weighted by atomic mass is 19.4. The SMILES string of the molecule is O=C(CC(F)(F)F)N1CCN(Cc2ccnc(NC3=NC4=CC=C(C5=CC=NC(N6CCCC6)N5)CC4N3)c2)CC1. The second-order valence-corrected chi connectivity index (χ2v) is 10.9. The van der Waals surface area contributed by atoms with Crippen molar-refractivity contribution >= 4 is 23.9 Å². The second kappa shape index (κ2) is 11.6. The van der Waals surface area contributed by atoms with Crippen molar-refractivity contribution in [3.05, 3.63) is 59.1 Å². The molecular weight excluding hydrogens is 535 g/mol. The third-order valence-corrected chi connectivity index (χ3v) is 7.93. The van der Waals surface area contributed by atoms with Gasteiger partial charge in [-0.2, -0.15) is 13.2 Å². The minimum atomic E-state index is -4.48. The van der Waals surface area contributed by atoms with Crippen LogP contribution in [-0.2, 0) is 11.3 Å². The number of aliphatic imine (C=N–C) groups is 2. The van der Waals surface area contributed by atoms with Gasteiger partial charge in [-0.05, 0) is 48.3 Å². The average molecular weight is 570 g/mol. The van der Waals surface area contributed by atoms with Crippen LogP contribution in [0.1, 0.15) is 31.2 Å². The van der Waals surface area contributed by atoms with Crippen LogP contribution in [0, 0.1) is 0 Å². The molecule has 5 heterocycles. The molecule has 0 bridgehead atoms. The third kappa shape index (κ3) is 6.79. The van der Waals surface area contributed by atoms with E-state index in [-0.39, 0.29) is 25.4 Å². The second-order valence-electron chi connectivity index (χ2n) is 10.9. The van der Waals surface area contributed by atoms with Crippen molar-refractivity contribution < 1.29 is 18.0 Å². The number of nitrogens with one attached hydrogen (secondary N) is 3. The normalized spacial score (nSPS) is 25.0. The number of nitrogens with zero attached hydrogens (tertiary/aromatic N) is 6. The summed E-state index contributed by atoms with van der Waals surface area (Å²) in [5.41, 5.74) is 4.28. The first-order valence-electron chi connectivity index (χ1n) is 14.1. The number of piperazine rings is 1. The Balaban J connectivity index is 1.01. The molecule has 0 aromatic carbocycles. The molecule has 2 atom stereocenters. The lowest BCUT2D eigenvalue weighted by atomic mass is 9.95. The van der Waals surface area contributed by atoms with Gasteiger partial charge in [0.2, 0.25) is 11.9 Å². The molecule has 0 saturated carbocycles. The van der Waals surface area contributed by atoms with Crippen LogP contribution in [0.25, 0.3) is 0 Å². The Morgan fingerprint density at radius 1 is 1.05 bits per heavy atom. The van der Waals surface area contributed by atoms with Crippen molar-refractivity contribution in [2.75, 3.05) is 44.6 Å². The van der Waals surface area contributed by atoms with E-state index in [0.717, 1.165) is 36.5 Å². The minimum absolute atomic E-state index is 0.00658. The Morgan fingerprint density at radius 2 is 1.85 bits per heavy atom. The number of carbonyl (C=O) groups is 1. The van der Waals surface area contributed by atoms with Crippen LogP contribution in [-0.4, -0.2) is 95.5 Å². The Hall–Kier alpha value is -3.71. The Morgan fingerprint density at radius 3 is 2.63 bits per heavy atom. The molecule has 6 rings (SSSR count). The number of hydrogen-bond acceptors (Lipinski definition) is 9. The van der Waals surface area contributed by atoms with Crippen LogP contribution in [0.3, 0.4) is 0 Å². The maximum Gasteiger partial charge on any atom is 0.397 e. The first-order valence-corrected chi connectivity index (χ1v) is 14.1. The molecule has 2 unspecified atom stereocenters. The first-order chi connectivity index (χ1) is 19.8. The summed E-state index contributed by atoms with van der Waals surface area (Å²) in [7, 11) is 0. The van der Waals surface area contributed by atoms with Gasteiger partial charge in [0.15, 0.2) is 6.29 Å². The van der Waals surface area contributed by atoms with E-state index in [9.17, 15) is 18.0 Å². The molecule has 10 nitrogen and oxygen atoms in total. The van der Waals surface area contributed by atoms with E-state index in [4.69, 9.17) is 4.99 Å². The summed E-state index contributed by atoms with van der Waals surface area (Å²) < 4.78 is 37.7. The van der Waals surface area contributed by atoms with Crippen LogP contribution >= 0.6 is 0 Å². The standard InChI is InChI=1S/C28H34F3N9O/c29-28(30,31)17-25(41)39-13-11-38(12-14-39)18-19-5-7-32-24(15-19)37-26-34-22-4-3-20(16-23(22)35-26)21-6-8-33-27(36-21)40-9-1-2-10-40/h3-8,15,23,27,36H,1-2,9-14,16-18H2,(H2,32,34,35,37). The van der Waals surface area contributed by atoms with Crippen LogP contribution in [0.4, 0.5) is 19.0 Å². The number of halogens is 3. The van der Waals surface area contributed by atoms with E-state index in [1.165, 1.54) is 23.3 Å². The van der Waals surface area contributed by atoms with E-state index >= 15 is 0 Å². The van der Waals surface area contributed by atoms with Gasteiger partial charge >= 0.3 is 6.18 Å². The molecule has 1 aromatic heterocycles. The van der Waals surface area contributed by atoms with Crippen LogP contribution in [0.5, 0.6) is 0 Å². The number of anilines is 1. The fourth-order valence-corrected chi connectivity index (χ4v) is 5.78. The number of pyridine rings is 1. The van der Waals surface area contributed by atoms with Gasteiger partial charge in [-0.1, -0.05) is 6.08 Å². The number of hydrogen-bond donors (Lipinski definition) is 3. The zero-order chi connectivity index (χ0) is 28.4. The number of aromatic nitrogens is 1. The van der Waals surface area contributed by atoms with E-state index in [0.29, 0.717) is 31.4 Å². The van der Waals surface area contributed by atoms with Gasteiger partial charge in [0, 0.05) is 70.3 Å². The number of rotatable bonds is 6. The third-order valence-electron chi connectivity index (χ3n) is 7.93. The van der Waals surface area contributed by atoms with Gasteiger partial charge in [-0.15, -0.1) is 0 Å². The maximum absolute atomic E-state index is 12.6. The topological polar surface area (TPSA) is 100 Å². The number of allylic oxidation sites excluding steroid dienone is 4. The maximum atomic E-state index is 12.6. The summed E-state index contributed by atoms with van der Waals surface area (Å²) in [4.78, 5) is 31.4. The molecule has 5 aliphatic rings. The molecule has 0 radical (unpaired) electrons. The van der Waals surface area contributed by atoms with Crippen molar-refractivity contribution in [3.8, 4) is 0 Å². The van der Waals surface area contributed by atoms with Crippen LogP contribution in [0.15, 0.2) is 63.5 Å². The van der Waals surface area contributed by atoms with Gasteiger partial charge in [0.25, 0.3) is 0 Å². The van der Waals surface area contributed by atoms with Crippen molar-refractivity contribution in [1.29, 1.82) is 0 Å². The predicted molar refractivity (Wildman–Crippen MR) is 150 cm³/mol. The zero-order valence-electron chi connectivity index (χ0n) is 22.7. The minimum Gasteiger partial charge on any atom is -0.351 e. The molecule has 3 N–H and O–H groups in total. The Labute approximate surface area is 236 Å². The fourth-order valence-electron chi connectivity index (χ4n) is 5.78. The molecule has 2 fully saturated rings. The molecular formula is C28H34F3N9O.